The van der Waals surface area contributed by atoms with Crippen LogP contribution in [0.3, 0.4) is 0 Å². The lowest BCUT2D eigenvalue weighted by Gasteiger charge is -2.35. The summed E-state index contributed by atoms with van der Waals surface area (Å²) in [5.41, 5.74) is 16.4. The molecule has 0 N–H and O–H groups in total. The Morgan fingerprint density at radius 2 is 0.877 bits per heavy atom. The minimum Gasteiger partial charge on any atom is -0.310 e. The smallest absolute Gasteiger partial charge is 0.0714 e. The summed E-state index contributed by atoms with van der Waals surface area (Å²) in [6.45, 7) is 0. The van der Waals surface area contributed by atoms with Gasteiger partial charge < -0.3 is 9.47 Å². The van der Waals surface area contributed by atoms with Crippen molar-refractivity contribution in [2.75, 3.05) is 4.90 Å². The monoisotopic (exact) mass is 826 g/mol. The maximum absolute atomic E-state index is 2.46. The fourth-order valence-electron chi connectivity index (χ4n) is 10.9. The van der Waals surface area contributed by atoms with Crippen LogP contribution in [0.15, 0.2) is 255 Å². The number of rotatable bonds is 7. The number of hydrogen-bond donors (Lipinski definition) is 0. The summed E-state index contributed by atoms with van der Waals surface area (Å²) in [5.74, 6) is 0. The lowest BCUT2D eigenvalue weighted by Crippen LogP contribution is -2.28. The second kappa shape index (κ2) is 14.8. The predicted molar refractivity (Wildman–Crippen MR) is 273 cm³/mol. The number of nitrogens with zero attached hydrogens (tertiary/aromatic N) is 2. The van der Waals surface area contributed by atoms with Crippen LogP contribution in [0.25, 0.3) is 71.3 Å². The Balaban J connectivity index is 0.943. The molecule has 0 amide bonds. The van der Waals surface area contributed by atoms with Crippen molar-refractivity contribution in [3.8, 4) is 27.9 Å². The van der Waals surface area contributed by atoms with Gasteiger partial charge in [-0.25, -0.2) is 0 Å². The molecule has 2 heteroatoms. The molecule has 1 heterocycles. The van der Waals surface area contributed by atoms with E-state index in [-0.39, 0.29) is 0 Å². The fraction of sp³-hybridized carbons (Fsp3) is 0.0159. The molecule has 0 bridgehead atoms. The average Bonchev–Trinajstić information content (AvgIpc) is 3.86. The van der Waals surface area contributed by atoms with E-state index in [1.807, 2.05) is 0 Å². The van der Waals surface area contributed by atoms with Gasteiger partial charge in [-0.3, -0.25) is 0 Å². The first-order valence-corrected chi connectivity index (χ1v) is 22.5. The van der Waals surface area contributed by atoms with Crippen molar-refractivity contribution in [2.45, 2.75) is 5.41 Å². The molecule has 13 rings (SSSR count). The molecule has 1 aromatic heterocycles. The molecule has 0 saturated carbocycles. The molecule has 0 fully saturated rings. The second-order valence-corrected chi connectivity index (χ2v) is 17.3. The number of aromatic nitrogens is 1. The van der Waals surface area contributed by atoms with Gasteiger partial charge in [-0.05, 0) is 121 Å². The average molecular weight is 827 g/mol. The summed E-state index contributed by atoms with van der Waals surface area (Å²) in [5, 5.41) is 7.45. The highest BCUT2D eigenvalue weighted by Crippen LogP contribution is 2.57. The highest BCUT2D eigenvalue weighted by atomic mass is 15.1. The van der Waals surface area contributed by atoms with E-state index in [1.54, 1.807) is 0 Å². The van der Waals surface area contributed by atoms with Crippen LogP contribution >= 0.6 is 0 Å². The number of benzene rings is 11. The van der Waals surface area contributed by atoms with Crippen molar-refractivity contribution in [3.05, 3.63) is 277 Å². The van der Waals surface area contributed by atoms with Crippen molar-refractivity contribution < 1.29 is 0 Å². The molecular weight excluding hydrogens is 785 g/mol. The molecule has 11 aromatic carbocycles. The van der Waals surface area contributed by atoms with Crippen LogP contribution < -0.4 is 4.90 Å². The third-order valence-corrected chi connectivity index (χ3v) is 13.8. The van der Waals surface area contributed by atoms with Gasteiger partial charge in [0.25, 0.3) is 0 Å². The lowest BCUT2D eigenvalue weighted by molar-refractivity contribution is 0.768. The van der Waals surface area contributed by atoms with Gasteiger partial charge in [-0.1, -0.05) is 194 Å². The van der Waals surface area contributed by atoms with Crippen molar-refractivity contribution in [1.29, 1.82) is 0 Å². The highest BCUT2D eigenvalue weighted by Gasteiger charge is 2.46. The molecule has 0 atom stereocenters. The first-order valence-electron chi connectivity index (χ1n) is 22.5. The molecule has 0 spiro atoms. The van der Waals surface area contributed by atoms with Gasteiger partial charge >= 0.3 is 0 Å². The third-order valence-electron chi connectivity index (χ3n) is 13.8. The van der Waals surface area contributed by atoms with E-state index in [1.165, 1.54) is 87.9 Å². The number of anilines is 3. The topological polar surface area (TPSA) is 8.17 Å². The largest absolute Gasteiger partial charge is 0.310 e. The molecular formula is C63H42N2. The van der Waals surface area contributed by atoms with Crippen LogP contribution in [0.4, 0.5) is 17.1 Å². The molecule has 0 unspecified atom stereocenters. The molecule has 304 valence electrons. The summed E-state index contributed by atoms with van der Waals surface area (Å²) >= 11 is 0. The van der Waals surface area contributed by atoms with E-state index >= 15 is 0 Å². The van der Waals surface area contributed by atoms with Crippen LogP contribution in [0, 0.1) is 0 Å². The predicted octanol–water partition coefficient (Wildman–Crippen LogP) is 16.6. The minimum absolute atomic E-state index is 0.502. The highest BCUT2D eigenvalue weighted by molar-refractivity contribution is 6.13. The van der Waals surface area contributed by atoms with E-state index < -0.39 is 5.41 Å². The fourth-order valence-corrected chi connectivity index (χ4v) is 10.9. The van der Waals surface area contributed by atoms with E-state index in [2.05, 4.69) is 264 Å². The molecule has 0 aliphatic heterocycles. The Morgan fingerprint density at radius 3 is 1.62 bits per heavy atom. The van der Waals surface area contributed by atoms with Gasteiger partial charge in [-0.2, -0.15) is 0 Å². The molecule has 0 radical (unpaired) electrons. The zero-order valence-electron chi connectivity index (χ0n) is 35.6. The quantitative estimate of drug-likeness (QED) is 0.155. The van der Waals surface area contributed by atoms with Crippen molar-refractivity contribution >= 4 is 60.4 Å². The van der Waals surface area contributed by atoms with Gasteiger partial charge in [0.2, 0.25) is 0 Å². The van der Waals surface area contributed by atoms with E-state index in [4.69, 9.17) is 0 Å². The molecule has 2 nitrogen and oxygen atoms in total. The third kappa shape index (κ3) is 5.74. The van der Waals surface area contributed by atoms with Gasteiger partial charge in [-0.15, -0.1) is 0 Å². The first-order chi connectivity index (χ1) is 32.2. The molecule has 1 aliphatic rings. The Hall–Kier alpha value is -8.46. The van der Waals surface area contributed by atoms with Gasteiger partial charge in [0.05, 0.1) is 22.1 Å². The minimum atomic E-state index is -0.502. The van der Waals surface area contributed by atoms with Crippen molar-refractivity contribution in [1.82, 2.24) is 4.57 Å². The number of fused-ring (bicyclic) bond motifs is 8. The lowest BCUT2D eigenvalue weighted by atomic mass is 9.67. The van der Waals surface area contributed by atoms with Crippen LogP contribution in [0.2, 0.25) is 0 Å². The summed E-state index contributed by atoms with van der Waals surface area (Å²) in [6.07, 6.45) is 0. The Labute approximate surface area is 378 Å². The van der Waals surface area contributed by atoms with Crippen LogP contribution in [0.1, 0.15) is 22.3 Å². The summed E-state index contributed by atoms with van der Waals surface area (Å²) in [6, 6.07) is 93.9. The van der Waals surface area contributed by atoms with Gasteiger partial charge in [0.1, 0.15) is 0 Å². The number of para-hydroxylation sites is 1. The standard InChI is InChI=1S/C63H42N2/c1-3-20-48(21-4-1)63(49-22-5-2-6-23-49)58-27-13-11-25-54(58)55-39-38-52(42-59(55)63)64(60-29-15-19-45-16-9-10-24-53(45)60)50-34-30-43(31-35-50)44-32-36-51(37-33-44)65-61-28-14-12-26-56(61)57-40-46-17-7-8-18-47(46)41-62(57)65/h1-42H. The van der Waals surface area contributed by atoms with Crippen molar-refractivity contribution in [2.24, 2.45) is 0 Å². The van der Waals surface area contributed by atoms with E-state index in [9.17, 15) is 0 Å². The van der Waals surface area contributed by atoms with Crippen LogP contribution in [-0.2, 0) is 5.41 Å². The van der Waals surface area contributed by atoms with Crippen LogP contribution in [0.5, 0.6) is 0 Å². The zero-order chi connectivity index (χ0) is 42.9. The van der Waals surface area contributed by atoms with Gasteiger partial charge in [0.15, 0.2) is 0 Å². The van der Waals surface area contributed by atoms with E-state index in [0.717, 1.165) is 22.7 Å². The maximum atomic E-state index is 2.46. The zero-order valence-corrected chi connectivity index (χ0v) is 35.6. The molecule has 0 saturated heterocycles. The SMILES string of the molecule is c1ccc(C2(c3ccccc3)c3ccccc3-c3ccc(N(c4ccc(-c5ccc(-n6c7ccccc7c7cc8ccccc8cc76)cc5)cc4)c4cccc5ccccc45)cc32)cc1. The summed E-state index contributed by atoms with van der Waals surface area (Å²) < 4.78 is 2.41. The van der Waals surface area contributed by atoms with Crippen molar-refractivity contribution in [3.63, 3.8) is 0 Å². The maximum Gasteiger partial charge on any atom is 0.0714 e. The molecule has 12 aromatic rings. The molecule has 65 heavy (non-hydrogen) atoms. The van der Waals surface area contributed by atoms with Crippen LogP contribution in [-0.4, -0.2) is 4.57 Å². The second-order valence-electron chi connectivity index (χ2n) is 17.3. The Kier molecular flexibility index (Phi) is 8.47. The summed E-state index contributed by atoms with van der Waals surface area (Å²) in [7, 11) is 0. The Bertz CT molecular complexity index is 3710. The normalized spacial score (nSPS) is 12.7. The Morgan fingerprint density at radius 1 is 0.323 bits per heavy atom. The van der Waals surface area contributed by atoms with Gasteiger partial charge in [0, 0.05) is 33.2 Å². The summed E-state index contributed by atoms with van der Waals surface area (Å²) in [4.78, 5) is 2.45. The molecule has 1 aliphatic carbocycles. The number of hydrogen-bond acceptors (Lipinski definition) is 1. The van der Waals surface area contributed by atoms with E-state index in [0.29, 0.717) is 0 Å². The first kappa shape index (κ1) is 37.1.